The molecule has 0 spiro atoms. The van der Waals surface area contributed by atoms with Crippen LogP contribution in [0.15, 0.2) is 11.9 Å². The number of rotatable bonds is 3. The van der Waals surface area contributed by atoms with E-state index in [1.54, 1.807) is 0 Å². The maximum absolute atomic E-state index is 13.3. The first-order chi connectivity index (χ1) is 8.63. The molecular weight excluding hydrogens is 310 g/mol. The van der Waals surface area contributed by atoms with Crippen molar-refractivity contribution in [2.45, 2.75) is 38.8 Å². The van der Waals surface area contributed by atoms with Crippen LogP contribution in [0.4, 0.5) is 43.9 Å². The second-order valence-corrected chi connectivity index (χ2v) is 4.14. The van der Waals surface area contributed by atoms with Crippen LogP contribution in [0.5, 0.6) is 0 Å². The SMILES string of the molecule is CCC(C)/C=C(\F)C(C(F)(F)F)(C(F)(F)F)C(F)(F)F. The van der Waals surface area contributed by atoms with E-state index in [-0.39, 0.29) is 12.5 Å². The first-order valence-electron chi connectivity index (χ1n) is 5.20. The molecule has 0 aromatic carbocycles. The first kappa shape index (κ1) is 19.0. The molecule has 0 aromatic rings. The highest BCUT2D eigenvalue weighted by Gasteiger charge is 2.86. The number of hydrogen-bond acceptors (Lipinski definition) is 0. The van der Waals surface area contributed by atoms with Crippen LogP contribution >= 0.6 is 0 Å². The Kier molecular flexibility index (Phi) is 5.18. The standard InChI is InChI=1S/C10H10F10/c1-3-5(2)4-6(11)7(8(12,13)14,9(15,16)17)10(18,19)20/h4-5H,3H2,1-2H3/b6-4-. The Hall–Kier alpha value is -0.960. The summed E-state index contributed by atoms with van der Waals surface area (Å²) in [5.74, 6) is -4.53. The number of hydrogen-bond donors (Lipinski definition) is 0. The van der Waals surface area contributed by atoms with E-state index in [4.69, 9.17) is 0 Å². The van der Waals surface area contributed by atoms with E-state index >= 15 is 0 Å². The maximum atomic E-state index is 13.3. The first-order valence-corrected chi connectivity index (χ1v) is 5.20. The van der Waals surface area contributed by atoms with Crippen LogP contribution in [0, 0.1) is 11.3 Å². The highest BCUT2D eigenvalue weighted by atomic mass is 19.4. The summed E-state index contributed by atoms with van der Waals surface area (Å²) in [6, 6.07) is 0. The average molecular weight is 320 g/mol. The minimum atomic E-state index is -6.91. The predicted octanol–water partition coefficient (Wildman–Crippen LogP) is 5.56. The van der Waals surface area contributed by atoms with Crippen molar-refractivity contribution in [1.82, 2.24) is 0 Å². The molecule has 0 saturated carbocycles. The van der Waals surface area contributed by atoms with Gasteiger partial charge in [0.05, 0.1) is 0 Å². The Morgan fingerprint density at radius 1 is 0.850 bits per heavy atom. The summed E-state index contributed by atoms with van der Waals surface area (Å²) in [6.07, 6.45) is -21.1. The topological polar surface area (TPSA) is 0 Å². The fourth-order valence-electron chi connectivity index (χ4n) is 1.38. The summed E-state index contributed by atoms with van der Waals surface area (Å²) < 4.78 is 125. The Morgan fingerprint density at radius 2 is 1.15 bits per heavy atom. The molecule has 0 N–H and O–H groups in total. The Morgan fingerprint density at radius 3 is 1.35 bits per heavy atom. The fourth-order valence-corrected chi connectivity index (χ4v) is 1.38. The Labute approximate surface area is 107 Å². The van der Waals surface area contributed by atoms with Crippen molar-refractivity contribution in [3.63, 3.8) is 0 Å². The van der Waals surface area contributed by atoms with Gasteiger partial charge in [-0.25, -0.2) is 4.39 Å². The fraction of sp³-hybridized carbons (Fsp3) is 0.800. The molecule has 0 saturated heterocycles. The molecule has 0 amide bonds. The smallest absolute Gasteiger partial charge is 0.210 e. The third kappa shape index (κ3) is 3.03. The average Bonchev–Trinajstić information content (AvgIpc) is 2.10. The van der Waals surface area contributed by atoms with Crippen LogP contribution in [0.1, 0.15) is 20.3 Å². The van der Waals surface area contributed by atoms with Crippen LogP contribution in [-0.2, 0) is 0 Å². The summed E-state index contributed by atoms with van der Waals surface area (Å²) in [5.41, 5.74) is -6.50. The summed E-state index contributed by atoms with van der Waals surface area (Å²) in [4.78, 5) is 0. The number of alkyl halides is 9. The molecule has 0 rings (SSSR count). The van der Waals surface area contributed by atoms with Crippen LogP contribution in [0.3, 0.4) is 0 Å². The lowest BCUT2D eigenvalue weighted by molar-refractivity contribution is -0.415. The van der Waals surface area contributed by atoms with Gasteiger partial charge in [-0.05, 0) is 18.4 Å². The van der Waals surface area contributed by atoms with Gasteiger partial charge in [-0.15, -0.1) is 0 Å². The van der Waals surface area contributed by atoms with Gasteiger partial charge in [0.1, 0.15) is 5.83 Å². The lowest BCUT2D eigenvalue weighted by Gasteiger charge is -2.37. The van der Waals surface area contributed by atoms with Gasteiger partial charge in [0.2, 0.25) is 0 Å². The second-order valence-electron chi connectivity index (χ2n) is 4.14. The molecule has 0 heterocycles. The van der Waals surface area contributed by atoms with Crippen LogP contribution in [0.25, 0.3) is 0 Å². The van der Waals surface area contributed by atoms with Crippen molar-refractivity contribution in [2.75, 3.05) is 0 Å². The van der Waals surface area contributed by atoms with E-state index in [0.29, 0.717) is 0 Å². The summed E-state index contributed by atoms with van der Waals surface area (Å²) in [7, 11) is 0. The van der Waals surface area contributed by atoms with E-state index in [2.05, 4.69) is 0 Å². The number of allylic oxidation sites excluding steroid dienone is 2. The maximum Gasteiger partial charge on any atom is 0.418 e. The van der Waals surface area contributed by atoms with Gasteiger partial charge in [0.25, 0.3) is 0 Å². The van der Waals surface area contributed by atoms with Gasteiger partial charge < -0.3 is 0 Å². The van der Waals surface area contributed by atoms with Gasteiger partial charge in [-0.2, -0.15) is 39.5 Å². The van der Waals surface area contributed by atoms with Gasteiger partial charge in [0, 0.05) is 0 Å². The molecule has 20 heavy (non-hydrogen) atoms. The minimum Gasteiger partial charge on any atom is -0.210 e. The Balaban J connectivity index is 6.42. The zero-order valence-corrected chi connectivity index (χ0v) is 10.1. The molecule has 0 radical (unpaired) electrons. The van der Waals surface area contributed by atoms with E-state index in [9.17, 15) is 43.9 Å². The van der Waals surface area contributed by atoms with E-state index in [1.165, 1.54) is 6.92 Å². The third-order valence-electron chi connectivity index (χ3n) is 2.71. The molecule has 1 unspecified atom stereocenters. The van der Waals surface area contributed by atoms with Crippen molar-refractivity contribution in [3.05, 3.63) is 11.9 Å². The van der Waals surface area contributed by atoms with Crippen LogP contribution in [0.2, 0.25) is 0 Å². The third-order valence-corrected chi connectivity index (χ3v) is 2.71. The lowest BCUT2D eigenvalue weighted by atomic mass is 9.82. The van der Waals surface area contributed by atoms with Gasteiger partial charge >= 0.3 is 23.9 Å². The zero-order valence-electron chi connectivity index (χ0n) is 10.1. The molecule has 0 bridgehead atoms. The monoisotopic (exact) mass is 320 g/mol. The molecule has 0 aliphatic carbocycles. The normalized spacial score (nSPS) is 17.3. The minimum absolute atomic E-state index is 0.128. The van der Waals surface area contributed by atoms with Crippen molar-refractivity contribution >= 4 is 0 Å². The highest BCUT2D eigenvalue weighted by Crippen LogP contribution is 2.63. The highest BCUT2D eigenvalue weighted by molar-refractivity contribution is 5.19. The van der Waals surface area contributed by atoms with Gasteiger partial charge in [0.15, 0.2) is 0 Å². The quantitative estimate of drug-likeness (QED) is 0.597. The molecule has 0 aliphatic rings. The van der Waals surface area contributed by atoms with Crippen LogP contribution in [-0.4, -0.2) is 18.5 Å². The molecule has 0 aromatic heterocycles. The predicted molar refractivity (Wildman–Crippen MR) is 49.2 cm³/mol. The summed E-state index contributed by atoms with van der Waals surface area (Å²) in [5, 5.41) is 0. The molecule has 10 heteroatoms. The molecular formula is C10H10F10. The van der Waals surface area contributed by atoms with Crippen molar-refractivity contribution < 1.29 is 43.9 Å². The molecule has 120 valence electrons. The molecule has 0 fully saturated rings. The van der Waals surface area contributed by atoms with Crippen molar-refractivity contribution in [3.8, 4) is 0 Å². The van der Waals surface area contributed by atoms with Crippen LogP contribution < -0.4 is 0 Å². The van der Waals surface area contributed by atoms with E-state index < -0.39 is 35.7 Å². The van der Waals surface area contributed by atoms with E-state index in [0.717, 1.165) is 6.92 Å². The lowest BCUT2D eigenvalue weighted by Crippen LogP contribution is -2.60. The molecule has 1 atom stereocenters. The zero-order chi connectivity index (χ0) is 16.6. The van der Waals surface area contributed by atoms with Gasteiger partial charge in [-0.3, -0.25) is 0 Å². The van der Waals surface area contributed by atoms with Crippen molar-refractivity contribution in [1.29, 1.82) is 0 Å². The molecule has 0 nitrogen and oxygen atoms in total. The van der Waals surface area contributed by atoms with Gasteiger partial charge in [-0.1, -0.05) is 13.8 Å². The molecule has 0 aliphatic heterocycles. The largest absolute Gasteiger partial charge is 0.418 e. The summed E-state index contributed by atoms with van der Waals surface area (Å²) in [6.45, 7) is 2.26. The van der Waals surface area contributed by atoms with E-state index in [1.807, 2.05) is 0 Å². The number of halogens is 10. The second kappa shape index (κ2) is 5.44. The summed E-state index contributed by atoms with van der Waals surface area (Å²) >= 11 is 0. The Bertz CT molecular complexity index is 320. The van der Waals surface area contributed by atoms with Crippen molar-refractivity contribution in [2.24, 2.45) is 11.3 Å².